The van der Waals surface area contributed by atoms with Crippen molar-refractivity contribution in [2.75, 3.05) is 20.8 Å². The number of hydrogen-bond acceptors (Lipinski definition) is 7. The lowest BCUT2D eigenvalue weighted by molar-refractivity contribution is -0.174. The minimum atomic E-state index is -1.82. The third-order valence-electron chi connectivity index (χ3n) is 1.51. The van der Waals surface area contributed by atoms with Gasteiger partial charge in [-0.05, 0) is 0 Å². The number of methoxy groups -OCH3 is 2. The van der Waals surface area contributed by atoms with Gasteiger partial charge in [-0.2, -0.15) is 0 Å². The van der Waals surface area contributed by atoms with Crippen LogP contribution in [0.25, 0.3) is 0 Å². The molecule has 86 valence electrons. The first-order valence-electron chi connectivity index (χ1n) is 3.97. The van der Waals surface area contributed by atoms with Gasteiger partial charge in [0.1, 0.15) is 12.9 Å². The molecule has 0 radical (unpaired) electrons. The van der Waals surface area contributed by atoms with Crippen LogP contribution in [-0.4, -0.2) is 56.4 Å². The molecule has 0 aliphatic heterocycles. The van der Waals surface area contributed by atoms with Gasteiger partial charge in [-0.3, -0.25) is 0 Å². The lowest BCUT2D eigenvalue weighted by Crippen LogP contribution is -2.43. The Kier molecular flexibility index (Phi) is 6.23. The van der Waals surface area contributed by atoms with Crippen LogP contribution in [-0.2, 0) is 28.6 Å². The Morgan fingerprint density at radius 3 is 2.20 bits per heavy atom. The summed E-state index contributed by atoms with van der Waals surface area (Å²) in [4.78, 5) is 31.9. The predicted molar refractivity (Wildman–Crippen MR) is 45.8 cm³/mol. The summed E-state index contributed by atoms with van der Waals surface area (Å²) in [6, 6.07) is 0. The third-order valence-corrected chi connectivity index (χ3v) is 1.51. The van der Waals surface area contributed by atoms with Crippen molar-refractivity contribution in [2.45, 2.75) is 12.2 Å². The maximum Gasteiger partial charge on any atom is 0.338 e. The van der Waals surface area contributed by atoms with Gasteiger partial charge < -0.3 is 24.1 Å². The van der Waals surface area contributed by atoms with Crippen molar-refractivity contribution in [1.82, 2.24) is 0 Å². The quantitative estimate of drug-likeness (QED) is 0.419. The fourth-order valence-corrected chi connectivity index (χ4v) is 0.792. The SMILES string of the molecule is COC(=O)[C@H](O)[C@@H](OCC=O)C(=O)OC. The molecule has 0 rings (SSSR count). The minimum Gasteiger partial charge on any atom is -0.467 e. The van der Waals surface area contributed by atoms with Crippen molar-refractivity contribution in [3.05, 3.63) is 0 Å². The summed E-state index contributed by atoms with van der Waals surface area (Å²) in [6.45, 7) is -0.437. The Hall–Kier alpha value is -1.47. The van der Waals surface area contributed by atoms with Crippen LogP contribution in [0.1, 0.15) is 0 Å². The third kappa shape index (κ3) is 4.05. The lowest BCUT2D eigenvalue weighted by atomic mass is 10.2. The molecule has 0 aliphatic carbocycles. The molecule has 0 aromatic heterocycles. The highest BCUT2D eigenvalue weighted by Gasteiger charge is 2.34. The molecule has 0 bridgehead atoms. The normalized spacial score (nSPS) is 13.8. The molecule has 2 atom stereocenters. The summed E-state index contributed by atoms with van der Waals surface area (Å²) in [6.07, 6.45) is -3.00. The Labute approximate surface area is 85.9 Å². The molecule has 0 unspecified atom stereocenters. The fraction of sp³-hybridized carbons (Fsp3) is 0.625. The molecule has 0 aromatic rings. The Balaban J connectivity index is 4.53. The van der Waals surface area contributed by atoms with Gasteiger partial charge in [-0.15, -0.1) is 0 Å². The smallest absolute Gasteiger partial charge is 0.338 e. The van der Waals surface area contributed by atoms with Crippen LogP contribution >= 0.6 is 0 Å². The number of rotatable bonds is 6. The summed E-state index contributed by atoms with van der Waals surface area (Å²) >= 11 is 0. The van der Waals surface area contributed by atoms with Crippen LogP contribution in [0.15, 0.2) is 0 Å². The zero-order valence-corrected chi connectivity index (χ0v) is 8.34. The highest BCUT2D eigenvalue weighted by Crippen LogP contribution is 2.03. The van der Waals surface area contributed by atoms with Gasteiger partial charge >= 0.3 is 11.9 Å². The minimum absolute atomic E-state index is 0.375. The van der Waals surface area contributed by atoms with Gasteiger partial charge in [0.05, 0.1) is 14.2 Å². The number of aliphatic hydroxyl groups is 1. The molecule has 0 heterocycles. The first kappa shape index (κ1) is 13.5. The average molecular weight is 220 g/mol. The number of aldehydes is 1. The highest BCUT2D eigenvalue weighted by atomic mass is 16.6. The zero-order valence-electron chi connectivity index (χ0n) is 8.34. The van der Waals surface area contributed by atoms with Crippen LogP contribution in [0, 0.1) is 0 Å². The molecule has 0 aromatic carbocycles. The molecule has 15 heavy (non-hydrogen) atoms. The maximum absolute atomic E-state index is 11.0. The predicted octanol–water partition coefficient (Wildman–Crippen LogP) is -1.72. The Morgan fingerprint density at radius 1 is 1.27 bits per heavy atom. The van der Waals surface area contributed by atoms with Crippen molar-refractivity contribution in [1.29, 1.82) is 0 Å². The number of ether oxygens (including phenoxy) is 3. The molecule has 0 spiro atoms. The van der Waals surface area contributed by atoms with Crippen molar-refractivity contribution in [3.8, 4) is 0 Å². The van der Waals surface area contributed by atoms with E-state index in [4.69, 9.17) is 0 Å². The van der Waals surface area contributed by atoms with Crippen molar-refractivity contribution >= 4 is 18.2 Å². The molecular weight excluding hydrogens is 208 g/mol. The number of hydrogen-bond donors (Lipinski definition) is 1. The van der Waals surface area contributed by atoms with Gasteiger partial charge in [0.25, 0.3) is 0 Å². The second-order valence-corrected chi connectivity index (χ2v) is 2.41. The van der Waals surface area contributed by atoms with Crippen LogP contribution in [0.5, 0.6) is 0 Å². The molecule has 1 N–H and O–H groups in total. The van der Waals surface area contributed by atoms with E-state index in [2.05, 4.69) is 14.2 Å². The van der Waals surface area contributed by atoms with Crippen LogP contribution in [0.2, 0.25) is 0 Å². The standard InChI is InChI=1S/C8H12O7/c1-13-7(11)5(10)6(8(12)14-2)15-4-3-9/h3,5-6,10H,4H2,1-2H3/t5-,6-/m1/s1. The van der Waals surface area contributed by atoms with E-state index in [1.165, 1.54) is 0 Å². The van der Waals surface area contributed by atoms with E-state index in [1.54, 1.807) is 0 Å². The largest absolute Gasteiger partial charge is 0.467 e. The summed E-state index contributed by atoms with van der Waals surface area (Å²) in [5, 5.41) is 9.29. The Morgan fingerprint density at radius 2 is 1.80 bits per heavy atom. The van der Waals surface area contributed by atoms with E-state index in [9.17, 15) is 19.5 Å². The second-order valence-electron chi connectivity index (χ2n) is 2.41. The van der Waals surface area contributed by atoms with Crippen molar-refractivity contribution in [2.24, 2.45) is 0 Å². The molecule has 0 saturated heterocycles. The van der Waals surface area contributed by atoms with Crippen LogP contribution in [0.4, 0.5) is 0 Å². The number of carbonyl (C=O) groups is 3. The van der Waals surface area contributed by atoms with E-state index in [-0.39, 0.29) is 0 Å². The molecule has 0 fully saturated rings. The van der Waals surface area contributed by atoms with Gasteiger partial charge in [0.15, 0.2) is 12.2 Å². The van der Waals surface area contributed by atoms with Crippen LogP contribution in [0.3, 0.4) is 0 Å². The van der Waals surface area contributed by atoms with E-state index >= 15 is 0 Å². The summed E-state index contributed by atoms with van der Waals surface area (Å²) in [5.74, 6) is -2.01. The lowest BCUT2D eigenvalue weighted by Gasteiger charge is -2.17. The van der Waals surface area contributed by atoms with E-state index in [0.717, 1.165) is 14.2 Å². The molecular formula is C8H12O7. The van der Waals surface area contributed by atoms with E-state index < -0.39 is 30.8 Å². The first-order valence-corrected chi connectivity index (χ1v) is 3.97. The van der Waals surface area contributed by atoms with E-state index in [1.807, 2.05) is 0 Å². The first-order chi connectivity index (χ1) is 7.08. The van der Waals surface area contributed by atoms with Crippen LogP contribution < -0.4 is 0 Å². The number of aliphatic hydroxyl groups excluding tert-OH is 1. The van der Waals surface area contributed by atoms with E-state index in [0.29, 0.717) is 6.29 Å². The number of esters is 2. The molecule has 0 amide bonds. The molecule has 7 heteroatoms. The molecule has 7 nitrogen and oxygen atoms in total. The van der Waals surface area contributed by atoms with Crippen molar-refractivity contribution in [3.63, 3.8) is 0 Å². The monoisotopic (exact) mass is 220 g/mol. The van der Waals surface area contributed by atoms with Gasteiger partial charge in [0.2, 0.25) is 0 Å². The summed E-state index contributed by atoms with van der Waals surface area (Å²) in [5.41, 5.74) is 0. The molecule has 0 saturated carbocycles. The highest BCUT2D eigenvalue weighted by molar-refractivity contribution is 5.85. The van der Waals surface area contributed by atoms with Gasteiger partial charge in [-0.1, -0.05) is 0 Å². The molecule has 0 aliphatic rings. The van der Waals surface area contributed by atoms with Crippen molar-refractivity contribution < 1.29 is 33.7 Å². The van der Waals surface area contributed by atoms with Gasteiger partial charge in [0, 0.05) is 0 Å². The Bertz CT molecular complexity index is 237. The van der Waals surface area contributed by atoms with Gasteiger partial charge in [-0.25, -0.2) is 9.59 Å². The topological polar surface area (TPSA) is 99.1 Å². The summed E-state index contributed by atoms with van der Waals surface area (Å²) in [7, 11) is 2.10. The summed E-state index contributed by atoms with van der Waals surface area (Å²) < 4.78 is 13.1. The number of carbonyl (C=O) groups excluding carboxylic acids is 3. The fourth-order valence-electron chi connectivity index (χ4n) is 0.792. The maximum atomic E-state index is 11.0. The second kappa shape index (κ2) is 6.91. The average Bonchev–Trinajstić information content (AvgIpc) is 2.27. The zero-order chi connectivity index (χ0) is 11.8.